The standard InChI is InChI=1S/C26H20F4N4O4/c27-18-10-17(23(35)16-6-2-1-3-7-16)11-19(12-18)32-24(36)21-13-22(26(28,29)30)33-34(21)20-8-4-5-15(9-20)14-31-25(37)38/h1-13,23,31,35H,14H2,(H,32,36)(H,37,38). The Balaban J connectivity index is 1.67. The molecule has 0 saturated heterocycles. The molecule has 3 aromatic carbocycles. The van der Waals surface area contributed by atoms with Crippen LogP contribution in [0.1, 0.15) is 39.0 Å². The molecule has 12 heteroatoms. The molecule has 1 aromatic heterocycles. The zero-order chi connectivity index (χ0) is 27.4. The Hall–Kier alpha value is -4.71. The predicted molar refractivity (Wildman–Crippen MR) is 128 cm³/mol. The Labute approximate surface area is 213 Å². The lowest BCUT2D eigenvalue weighted by atomic mass is 10.0. The second kappa shape index (κ2) is 10.7. The van der Waals surface area contributed by atoms with Crippen molar-refractivity contribution >= 4 is 17.7 Å². The lowest BCUT2D eigenvalue weighted by Crippen LogP contribution is -2.20. The number of carbonyl (C=O) groups excluding carboxylic acids is 1. The number of hydrogen-bond acceptors (Lipinski definition) is 4. The van der Waals surface area contributed by atoms with Crippen molar-refractivity contribution in [2.75, 3.05) is 5.32 Å². The normalized spacial score (nSPS) is 12.1. The fourth-order valence-corrected chi connectivity index (χ4v) is 3.72. The van der Waals surface area contributed by atoms with Crippen molar-refractivity contribution in [1.82, 2.24) is 15.1 Å². The van der Waals surface area contributed by atoms with Gasteiger partial charge in [0.25, 0.3) is 5.91 Å². The van der Waals surface area contributed by atoms with Gasteiger partial charge in [-0.2, -0.15) is 18.3 Å². The number of carbonyl (C=O) groups is 2. The van der Waals surface area contributed by atoms with Crippen LogP contribution in [0, 0.1) is 5.82 Å². The number of hydrogen-bond donors (Lipinski definition) is 4. The molecule has 0 radical (unpaired) electrons. The predicted octanol–water partition coefficient (Wildman–Crippen LogP) is 5.13. The Morgan fingerprint density at radius 2 is 1.68 bits per heavy atom. The van der Waals surface area contributed by atoms with Crippen molar-refractivity contribution in [3.63, 3.8) is 0 Å². The molecule has 2 amide bonds. The van der Waals surface area contributed by atoms with Crippen molar-refractivity contribution in [1.29, 1.82) is 0 Å². The third-order valence-corrected chi connectivity index (χ3v) is 5.44. The molecule has 196 valence electrons. The van der Waals surface area contributed by atoms with E-state index in [2.05, 4.69) is 15.7 Å². The molecule has 0 fully saturated rings. The highest BCUT2D eigenvalue weighted by Crippen LogP contribution is 2.31. The van der Waals surface area contributed by atoms with E-state index < -0.39 is 41.5 Å². The molecular weight excluding hydrogens is 508 g/mol. The Bertz CT molecular complexity index is 1470. The number of nitrogens with one attached hydrogen (secondary N) is 2. The maximum atomic E-state index is 14.4. The van der Waals surface area contributed by atoms with E-state index >= 15 is 0 Å². The molecule has 4 rings (SSSR count). The zero-order valence-electron chi connectivity index (χ0n) is 19.4. The second-order valence-corrected chi connectivity index (χ2v) is 8.19. The Morgan fingerprint density at radius 3 is 2.37 bits per heavy atom. The van der Waals surface area contributed by atoms with Crippen LogP contribution in [-0.2, 0) is 12.7 Å². The number of nitrogens with zero attached hydrogens (tertiary/aromatic N) is 2. The van der Waals surface area contributed by atoms with E-state index in [4.69, 9.17) is 5.11 Å². The summed E-state index contributed by atoms with van der Waals surface area (Å²) in [6.45, 7) is -0.131. The fourth-order valence-electron chi connectivity index (χ4n) is 3.72. The van der Waals surface area contributed by atoms with Crippen LogP contribution >= 0.6 is 0 Å². The minimum Gasteiger partial charge on any atom is -0.465 e. The van der Waals surface area contributed by atoms with Gasteiger partial charge < -0.3 is 20.8 Å². The van der Waals surface area contributed by atoms with Gasteiger partial charge in [0.1, 0.15) is 17.6 Å². The second-order valence-electron chi connectivity index (χ2n) is 8.19. The Morgan fingerprint density at radius 1 is 0.947 bits per heavy atom. The average molecular weight is 528 g/mol. The smallest absolute Gasteiger partial charge is 0.435 e. The van der Waals surface area contributed by atoms with Crippen LogP contribution in [0.5, 0.6) is 0 Å². The summed E-state index contributed by atoms with van der Waals surface area (Å²) in [5.74, 6) is -1.80. The minimum atomic E-state index is -4.87. The summed E-state index contributed by atoms with van der Waals surface area (Å²) in [6, 6.07) is 18.0. The number of carboxylic acid groups (broad SMARTS) is 1. The van der Waals surface area contributed by atoms with Gasteiger partial charge in [0, 0.05) is 18.3 Å². The third-order valence-electron chi connectivity index (χ3n) is 5.44. The van der Waals surface area contributed by atoms with E-state index in [-0.39, 0.29) is 23.5 Å². The zero-order valence-corrected chi connectivity index (χ0v) is 19.4. The van der Waals surface area contributed by atoms with E-state index in [9.17, 15) is 32.3 Å². The van der Waals surface area contributed by atoms with E-state index in [1.807, 2.05) is 0 Å². The first-order valence-electron chi connectivity index (χ1n) is 11.1. The molecule has 0 aliphatic carbocycles. The Kier molecular flexibility index (Phi) is 7.44. The van der Waals surface area contributed by atoms with Crippen molar-refractivity contribution in [3.05, 3.63) is 113 Å². The van der Waals surface area contributed by atoms with Gasteiger partial charge in [-0.3, -0.25) is 4.79 Å². The molecule has 4 N–H and O–H groups in total. The molecule has 1 unspecified atom stereocenters. The topological polar surface area (TPSA) is 116 Å². The largest absolute Gasteiger partial charge is 0.465 e. The molecule has 0 saturated carbocycles. The number of alkyl halides is 3. The van der Waals surface area contributed by atoms with Crippen LogP contribution < -0.4 is 10.6 Å². The van der Waals surface area contributed by atoms with Crippen LogP contribution in [-0.4, -0.2) is 32.0 Å². The van der Waals surface area contributed by atoms with E-state index in [1.54, 1.807) is 36.4 Å². The summed E-state index contributed by atoms with van der Waals surface area (Å²) < 4.78 is 55.5. The summed E-state index contributed by atoms with van der Waals surface area (Å²) in [7, 11) is 0. The maximum absolute atomic E-state index is 14.4. The lowest BCUT2D eigenvalue weighted by Gasteiger charge is -2.14. The van der Waals surface area contributed by atoms with Crippen molar-refractivity contribution in [3.8, 4) is 5.69 Å². The fraction of sp³-hybridized carbons (Fsp3) is 0.115. The lowest BCUT2D eigenvalue weighted by molar-refractivity contribution is -0.141. The van der Waals surface area contributed by atoms with Gasteiger partial charge in [0.2, 0.25) is 0 Å². The molecule has 0 bridgehead atoms. The molecule has 4 aromatic rings. The van der Waals surface area contributed by atoms with Crippen LogP contribution in [0.15, 0.2) is 78.9 Å². The summed E-state index contributed by atoms with van der Waals surface area (Å²) in [4.78, 5) is 23.9. The number of benzene rings is 3. The highest BCUT2D eigenvalue weighted by Gasteiger charge is 2.36. The van der Waals surface area contributed by atoms with Gasteiger partial charge in [-0.25, -0.2) is 13.9 Å². The van der Waals surface area contributed by atoms with Gasteiger partial charge in [-0.1, -0.05) is 42.5 Å². The maximum Gasteiger partial charge on any atom is 0.435 e. The van der Waals surface area contributed by atoms with Gasteiger partial charge >= 0.3 is 12.3 Å². The average Bonchev–Trinajstić information content (AvgIpc) is 3.34. The summed E-state index contributed by atoms with van der Waals surface area (Å²) in [5.41, 5.74) is -0.873. The number of anilines is 1. The molecule has 38 heavy (non-hydrogen) atoms. The number of aliphatic hydroxyl groups is 1. The van der Waals surface area contributed by atoms with Gasteiger partial charge in [0.05, 0.1) is 5.69 Å². The van der Waals surface area contributed by atoms with Gasteiger partial charge in [-0.15, -0.1) is 0 Å². The third kappa shape index (κ3) is 6.16. The first-order valence-corrected chi connectivity index (χ1v) is 11.1. The molecular formula is C26H20F4N4O4. The van der Waals surface area contributed by atoms with Crippen LogP contribution in [0.3, 0.4) is 0 Å². The van der Waals surface area contributed by atoms with E-state index in [0.717, 1.165) is 16.8 Å². The molecule has 1 atom stereocenters. The number of rotatable bonds is 7. The molecule has 0 spiro atoms. The number of amides is 2. The quantitative estimate of drug-likeness (QED) is 0.248. The molecule has 0 aliphatic rings. The monoisotopic (exact) mass is 528 g/mol. The van der Waals surface area contributed by atoms with Gasteiger partial charge in [-0.05, 0) is 47.0 Å². The first kappa shape index (κ1) is 26.4. The molecule has 0 aliphatic heterocycles. The molecule has 8 nitrogen and oxygen atoms in total. The molecule has 1 heterocycles. The first-order chi connectivity index (χ1) is 18.0. The summed E-state index contributed by atoms with van der Waals surface area (Å²) in [5, 5.41) is 27.5. The summed E-state index contributed by atoms with van der Waals surface area (Å²) in [6.07, 6.45) is -7.37. The van der Waals surface area contributed by atoms with E-state index in [0.29, 0.717) is 17.2 Å². The number of aliphatic hydroxyl groups excluding tert-OH is 1. The minimum absolute atomic E-state index is 0.0646. The van der Waals surface area contributed by atoms with Crippen molar-refractivity contribution in [2.24, 2.45) is 0 Å². The van der Waals surface area contributed by atoms with Gasteiger partial charge in [0.15, 0.2) is 5.69 Å². The van der Waals surface area contributed by atoms with Crippen LogP contribution in [0.4, 0.5) is 28.0 Å². The highest BCUT2D eigenvalue weighted by atomic mass is 19.4. The SMILES string of the molecule is O=C(O)NCc1cccc(-n2nc(C(F)(F)F)cc2C(=O)Nc2cc(F)cc(C(O)c3ccccc3)c2)c1. The number of aromatic nitrogens is 2. The summed E-state index contributed by atoms with van der Waals surface area (Å²) >= 11 is 0. The van der Waals surface area contributed by atoms with E-state index in [1.165, 1.54) is 24.3 Å². The van der Waals surface area contributed by atoms with Crippen molar-refractivity contribution in [2.45, 2.75) is 18.8 Å². The highest BCUT2D eigenvalue weighted by molar-refractivity contribution is 6.03. The van der Waals surface area contributed by atoms with Crippen LogP contribution in [0.2, 0.25) is 0 Å². The van der Waals surface area contributed by atoms with Crippen molar-refractivity contribution < 1.29 is 37.4 Å². The van der Waals surface area contributed by atoms with Crippen LogP contribution in [0.25, 0.3) is 5.69 Å². The number of halogens is 4.